The molecule has 2 N–H and O–H groups in total. The molecule has 0 unspecified atom stereocenters. The summed E-state index contributed by atoms with van der Waals surface area (Å²) in [4.78, 5) is 40.1. The molecule has 0 aliphatic heterocycles. The number of oxazole rings is 1. The number of hydrogen-bond donors (Lipinski definition) is 2. The highest BCUT2D eigenvalue weighted by molar-refractivity contribution is 6.02. The molecule has 0 saturated heterocycles. The van der Waals surface area contributed by atoms with Crippen LogP contribution < -0.4 is 16.2 Å². The van der Waals surface area contributed by atoms with Gasteiger partial charge in [-0.3, -0.25) is 19.7 Å². The van der Waals surface area contributed by atoms with E-state index in [1.165, 1.54) is 23.1 Å². The minimum absolute atomic E-state index is 0.0451. The van der Waals surface area contributed by atoms with E-state index in [4.69, 9.17) is 13.4 Å². The number of carbonyl (C=O) groups excluding carboxylic acids is 2. The highest BCUT2D eigenvalue weighted by Gasteiger charge is 2.17. The second-order valence-electron chi connectivity index (χ2n) is 6.33. The molecule has 2 amide bonds. The molecule has 31 heavy (non-hydrogen) atoms. The molecular weight excluding hydrogens is 408 g/mol. The lowest BCUT2D eigenvalue weighted by molar-refractivity contribution is 0.0945. The standard InChI is InChI=1S/C19H16N6O6/c1-11-9-13(24-31-11)18(28)22-19-21-14(10-30-19)17(27)20-6-7-25-16(26)5-4-12(23-25)15-3-2-8-29-15/h2-5,8-10H,6-7H2,1H3,(H,20,27)(H,21,22,28). The minimum atomic E-state index is -0.590. The van der Waals surface area contributed by atoms with Gasteiger partial charge in [-0.1, -0.05) is 5.16 Å². The third-order valence-corrected chi connectivity index (χ3v) is 4.07. The fourth-order valence-corrected chi connectivity index (χ4v) is 2.60. The molecule has 4 aromatic rings. The third kappa shape index (κ3) is 4.58. The van der Waals surface area contributed by atoms with Gasteiger partial charge in [0.1, 0.15) is 17.7 Å². The van der Waals surface area contributed by atoms with Gasteiger partial charge in [-0.2, -0.15) is 10.1 Å². The van der Waals surface area contributed by atoms with E-state index in [-0.39, 0.29) is 36.1 Å². The SMILES string of the molecule is Cc1cc(C(=O)Nc2nc(C(=O)NCCn3nc(-c4ccco4)ccc3=O)co2)no1. The van der Waals surface area contributed by atoms with Crippen molar-refractivity contribution in [3.05, 3.63) is 70.4 Å². The number of nitrogens with one attached hydrogen (secondary N) is 2. The summed E-state index contributed by atoms with van der Waals surface area (Å²) in [5.41, 5.74) is 0.182. The number of hydrogen-bond acceptors (Lipinski definition) is 9. The van der Waals surface area contributed by atoms with E-state index >= 15 is 0 Å². The highest BCUT2D eigenvalue weighted by atomic mass is 16.5. The number of furan rings is 1. The smallest absolute Gasteiger partial charge is 0.302 e. The van der Waals surface area contributed by atoms with Crippen LogP contribution in [0.25, 0.3) is 11.5 Å². The fraction of sp³-hybridized carbons (Fsp3) is 0.158. The van der Waals surface area contributed by atoms with Crippen LogP contribution in [0.1, 0.15) is 26.7 Å². The van der Waals surface area contributed by atoms with Crippen molar-refractivity contribution in [2.24, 2.45) is 0 Å². The van der Waals surface area contributed by atoms with Crippen LogP contribution in [0.3, 0.4) is 0 Å². The Morgan fingerprint density at radius 1 is 1.13 bits per heavy atom. The maximum Gasteiger partial charge on any atom is 0.302 e. The largest absolute Gasteiger partial charge is 0.463 e. The summed E-state index contributed by atoms with van der Waals surface area (Å²) in [5.74, 6) is -0.138. The maximum absolute atomic E-state index is 12.2. The monoisotopic (exact) mass is 424 g/mol. The lowest BCUT2D eigenvalue weighted by atomic mass is 10.3. The van der Waals surface area contributed by atoms with Gasteiger partial charge < -0.3 is 18.7 Å². The molecule has 0 radical (unpaired) electrons. The summed E-state index contributed by atoms with van der Waals surface area (Å²) in [5, 5.41) is 12.8. The van der Waals surface area contributed by atoms with E-state index in [9.17, 15) is 14.4 Å². The van der Waals surface area contributed by atoms with E-state index in [0.29, 0.717) is 17.2 Å². The van der Waals surface area contributed by atoms with Gasteiger partial charge in [0.15, 0.2) is 17.1 Å². The number of aromatic nitrogens is 4. The number of nitrogens with zero attached hydrogens (tertiary/aromatic N) is 4. The molecule has 0 aromatic carbocycles. The van der Waals surface area contributed by atoms with Crippen LogP contribution in [0.5, 0.6) is 0 Å². The van der Waals surface area contributed by atoms with Crippen LogP contribution in [-0.4, -0.2) is 38.3 Å². The highest BCUT2D eigenvalue weighted by Crippen LogP contribution is 2.15. The summed E-state index contributed by atoms with van der Waals surface area (Å²) in [6.45, 7) is 1.89. The van der Waals surface area contributed by atoms with Crippen molar-refractivity contribution < 1.29 is 22.9 Å². The molecule has 0 aliphatic rings. The Bertz CT molecular complexity index is 1270. The Morgan fingerprint density at radius 3 is 2.74 bits per heavy atom. The van der Waals surface area contributed by atoms with Crippen LogP contribution in [0, 0.1) is 6.92 Å². The van der Waals surface area contributed by atoms with Crippen molar-refractivity contribution in [1.29, 1.82) is 0 Å². The van der Waals surface area contributed by atoms with Crippen molar-refractivity contribution in [2.75, 3.05) is 11.9 Å². The van der Waals surface area contributed by atoms with Crippen molar-refractivity contribution >= 4 is 17.8 Å². The minimum Gasteiger partial charge on any atom is -0.463 e. The van der Waals surface area contributed by atoms with Crippen molar-refractivity contribution in [3.63, 3.8) is 0 Å². The molecule has 0 spiro atoms. The Hall–Kier alpha value is -4.48. The van der Waals surface area contributed by atoms with Crippen molar-refractivity contribution in [2.45, 2.75) is 13.5 Å². The third-order valence-electron chi connectivity index (χ3n) is 4.07. The van der Waals surface area contributed by atoms with Gasteiger partial charge in [0.2, 0.25) is 0 Å². The molecule has 4 heterocycles. The Kier molecular flexibility index (Phi) is 5.43. The molecule has 0 fully saturated rings. The summed E-state index contributed by atoms with van der Waals surface area (Å²) in [7, 11) is 0. The summed E-state index contributed by atoms with van der Waals surface area (Å²) >= 11 is 0. The maximum atomic E-state index is 12.2. The quantitative estimate of drug-likeness (QED) is 0.448. The summed E-state index contributed by atoms with van der Waals surface area (Å²) < 4.78 is 16.4. The van der Waals surface area contributed by atoms with Crippen LogP contribution in [0.15, 0.2) is 61.0 Å². The van der Waals surface area contributed by atoms with Crippen LogP contribution in [0.2, 0.25) is 0 Å². The first-order valence-corrected chi connectivity index (χ1v) is 9.10. The number of aryl methyl sites for hydroxylation is 1. The molecular formula is C19H16N6O6. The first-order valence-electron chi connectivity index (χ1n) is 9.10. The molecule has 158 valence electrons. The lowest BCUT2D eigenvalue weighted by Gasteiger charge is -2.06. The predicted molar refractivity (Wildman–Crippen MR) is 104 cm³/mol. The van der Waals surface area contributed by atoms with Gasteiger partial charge in [0.05, 0.1) is 12.8 Å². The summed E-state index contributed by atoms with van der Waals surface area (Å²) in [6, 6.07) is 7.65. The van der Waals surface area contributed by atoms with Gasteiger partial charge in [0.25, 0.3) is 17.4 Å². The zero-order valence-electron chi connectivity index (χ0n) is 16.2. The normalized spacial score (nSPS) is 10.7. The zero-order chi connectivity index (χ0) is 21.8. The van der Waals surface area contributed by atoms with Crippen LogP contribution >= 0.6 is 0 Å². The average Bonchev–Trinajstić information content (AvgIpc) is 3.51. The van der Waals surface area contributed by atoms with E-state index in [1.807, 2.05) is 0 Å². The van der Waals surface area contributed by atoms with E-state index in [1.54, 1.807) is 25.1 Å². The fourth-order valence-electron chi connectivity index (χ4n) is 2.60. The van der Waals surface area contributed by atoms with Crippen molar-refractivity contribution in [3.8, 4) is 11.5 Å². The molecule has 0 bridgehead atoms. The van der Waals surface area contributed by atoms with Gasteiger partial charge in [-0.05, 0) is 25.1 Å². The zero-order valence-corrected chi connectivity index (χ0v) is 16.2. The summed E-state index contributed by atoms with van der Waals surface area (Å²) in [6.07, 6.45) is 2.61. The van der Waals surface area contributed by atoms with Gasteiger partial charge in [-0.25, -0.2) is 4.68 Å². The molecule has 12 nitrogen and oxygen atoms in total. The van der Waals surface area contributed by atoms with E-state index < -0.39 is 11.8 Å². The average molecular weight is 424 g/mol. The first-order chi connectivity index (χ1) is 15.0. The Morgan fingerprint density at radius 2 is 2.00 bits per heavy atom. The molecule has 0 atom stereocenters. The molecule has 12 heteroatoms. The second-order valence-corrected chi connectivity index (χ2v) is 6.33. The Labute approximate surface area is 173 Å². The number of amides is 2. The van der Waals surface area contributed by atoms with E-state index in [2.05, 4.69) is 25.9 Å². The van der Waals surface area contributed by atoms with Crippen LogP contribution in [0.4, 0.5) is 6.01 Å². The Balaban J connectivity index is 1.33. The number of anilines is 1. The van der Waals surface area contributed by atoms with Gasteiger partial charge in [-0.15, -0.1) is 0 Å². The van der Waals surface area contributed by atoms with Gasteiger partial charge in [0, 0.05) is 18.7 Å². The molecule has 4 rings (SSSR count). The predicted octanol–water partition coefficient (Wildman–Crippen LogP) is 1.47. The molecule has 4 aromatic heterocycles. The second kappa shape index (κ2) is 8.49. The van der Waals surface area contributed by atoms with Crippen LogP contribution in [-0.2, 0) is 6.54 Å². The van der Waals surface area contributed by atoms with Gasteiger partial charge >= 0.3 is 6.01 Å². The first kappa shape index (κ1) is 19.8. The van der Waals surface area contributed by atoms with Crippen molar-refractivity contribution in [1.82, 2.24) is 25.2 Å². The molecule has 0 saturated carbocycles. The number of rotatable bonds is 7. The number of carbonyl (C=O) groups is 2. The topological polar surface area (TPSA) is 158 Å². The van der Waals surface area contributed by atoms with E-state index in [0.717, 1.165) is 6.26 Å². The lowest BCUT2D eigenvalue weighted by Crippen LogP contribution is -2.32. The molecule has 0 aliphatic carbocycles.